The number of nitrogens with one attached hydrogen (secondary N) is 2. The Bertz CT molecular complexity index is 2340. The quantitative estimate of drug-likeness (QED) is 0.137. The third kappa shape index (κ3) is 8.32. The predicted molar refractivity (Wildman–Crippen MR) is 195 cm³/mol. The van der Waals surface area contributed by atoms with Gasteiger partial charge in [0.25, 0.3) is 22.9 Å². The van der Waals surface area contributed by atoms with Gasteiger partial charge >= 0.3 is 11.4 Å². The third-order valence-corrected chi connectivity index (χ3v) is 10.5. The van der Waals surface area contributed by atoms with Gasteiger partial charge in [0.15, 0.2) is 5.69 Å². The van der Waals surface area contributed by atoms with Crippen LogP contribution in [0.3, 0.4) is 0 Å². The molecule has 0 unspecified atom stereocenters. The highest BCUT2D eigenvalue weighted by molar-refractivity contribution is 5.92. The van der Waals surface area contributed by atoms with Crippen molar-refractivity contribution in [3.63, 3.8) is 0 Å². The van der Waals surface area contributed by atoms with Gasteiger partial charge in [-0.3, -0.25) is 38.3 Å². The van der Waals surface area contributed by atoms with Gasteiger partial charge in [-0.05, 0) is 13.8 Å². The number of hydrogen-bond donors (Lipinski definition) is 4. The Morgan fingerprint density at radius 1 is 0.724 bits per heavy atom. The fourth-order valence-corrected chi connectivity index (χ4v) is 7.27. The maximum atomic E-state index is 12.9. The van der Waals surface area contributed by atoms with Crippen molar-refractivity contribution in [1.82, 2.24) is 58.9 Å². The van der Waals surface area contributed by atoms with Crippen molar-refractivity contribution >= 4 is 11.8 Å². The number of carbonyl (C=O) groups is 2. The Kier molecular flexibility index (Phi) is 12.2. The monoisotopic (exact) mass is 812 g/mol. The van der Waals surface area contributed by atoms with Gasteiger partial charge in [-0.1, -0.05) is 10.4 Å². The number of aromatic amines is 2. The fourth-order valence-electron chi connectivity index (χ4n) is 7.27. The van der Waals surface area contributed by atoms with Gasteiger partial charge in [-0.15, -0.1) is 10.2 Å². The summed E-state index contributed by atoms with van der Waals surface area (Å²) in [5.41, 5.74) is -0.904. The van der Waals surface area contributed by atoms with Crippen LogP contribution in [0.15, 0.2) is 44.0 Å². The molecule has 4 N–H and O–H groups in total. The Balaban J connectivity index is 0.000000177. The van der Waals surface area contributed by atoms with Gasteiger partial charge in [-0.2, -0.15) is 0 Å². The van der Waals surface area contributed by atoms with E-state index in [2.05, 4.69) is 30.6 Å². The number of nitrogens with zero attached hydrogens (tertiary/aromatic N) is 10. The average Bonchev–Trinajstić information content (AvgIpc) is 4.07. The fraction of sp³-hybridized carbons (Fsp3) is 0.588. The minimum atomic E-state index is -0.726. The van der Waals surface area contributed by atoms with Crippen LogP contribution in [0.1, 0.15) is 69.5 Å². The predicted octanol–water partition coefficient (Wildman–Crippen LogP) is -3.14. The lowest BCUT2D eigenvalue weighted by Crippen LogP contribution is -2.42. The van der Waals surface area contributed by atoms with Crippen LogP contribution in [0.5, 0.6) is 0 Å². The normalized spacial score (nSPS) is 24.8. The van der Waals surface area contributed by atoms with E-state index in [1.165, 1.54) is 43.3 Å². The lowest BCUT2D eigenvalue weighted by atomic mass is 10.1. The molecule has 0 bridgehead atoms. The summed E-state index contributed by atoms with van der Waals surface area (Å²) < 4.78 is 27.7. The molecule has 6 atom stereocenters. The standard InChI is InChI=1S/2C17H22N6O6/c1-10-8-22(17(27)19-15(10)25)14-6-11(13(9-24)29-14)23-12(7-18-20-23)16(26)21-2-4-28-5-3-21;1-10-7-22(17(27)18-15(10)25)14-6-12(13(9-24)29-14)23-8-11(19-20-23)16(26)21-2-4-28-5-3-21/h7-8,11,13-14,24H,2-6,9H2,1H3,(H,19,25,27);7-8,12-14,24H,2-6,9H2,1H3,(H,18,25,27)/t11-,13+,14+;12-,13+,14+/m00/s1. The molecule has 312 valence electrons. The van der Waals surface area contributed by atoms with E-state index in [9.17, 15) is 39.0 Å². The minimum absolute atomic E-state index is 0.198. The molecule has 2 amide bonds. The van der Waals surface area contributed by atoms with E-state index in [0.29, 0.717) is 70.2 Å². The van der Waals surface area contributed by atoms with E-state index in [0.717, 1.165) is 0 Å². The maximum Gasteiger partial charge on any atom is 0.330 e. The van der Waals surface area contributed by atoms with Gasteiger partial charge in [0.1, 0.15) is 30.4 Å². The molecule has 4 fully saturated rings. The number of aryl methyl sites for hydroxylation is 2. The van der Waals surface area contributed by atoms with Crippen LogP contribution >= 0.6 is 0 Å². The molecule has 4 aromatic heterocycles. The Morgan fingerprint density at radius 2 is 1.22 bits per heavy atom. The largest absolute Gasteiger partial charge is 0.394 e. The lowest BCUT2D eigenvalue weighted by Gasteiger charge is -2.27. The first kappa shape index (κ1) is 40.5. The molecule has 4 aliphatic heterocycles. The Morgan fingerprint density at radius 3 is 1.76 bits per heavy atom. The Labute approximate surface area is 327 Å². The molecule has 4 aromatic rings. The summed E-state index contributed by atoms with van der Waals surface area (Å²) in [5, 5.41) is 35.5. The molecule has 8 rings (SSSR count). The van der Waals surface area contributed by atoms with Gasteiger partial charge in [-0.25, -0.2) is 19.0 Å². The van der Waals surface area contributed by atoms with E-state index in [4.69, 9.17) is 18.9 Å². The van der Waals surface area contributed by atoms with E-state index in [-0.39, 0.29) is 42.8 Å². The second-order valence-electron chi connectivity index (χ2n) is 14.1. The average molecular weight is 813 g/mol. The summed E-state index contributed by atoms with van der Waals surface area (Å²) in [7, 11) is 0. The summed E-state index contributed by atoms with van der Waals surface area (Å²) >= 11 is 0. The maximum absolute atomic E-state index is 12.9. The van der Waals surface area contributed by atoms with Crippen LogP contribution in [0.4, 0.5) is 0 Å². The van der Waals surface area contributed by atoms with Gasteiger partial charge in [0.2, 0.25) is 0 Å². The molecule has 58 heavy (non-hydrogen) atoms. The lowest BCUT2D eigenvalue weighted by molar-refractivity contribution is -0.0325. The van der Waals surface area contributed by atoms with Gasteiger partial charge in [0, 0.05) is 62.5 Å². The number of H-pyrrole nitrogens is 2. The first-order valence-electron chi connectivity index (χ1n) is 18.7. The van der Waals surface area contributed by atoms with Crippen molar-refractivity contribution < 1.29 is 38.7 Å². The first-order valence-corrected chi connectivity index (χ1v) is 18.7. The molecular formula is C34H44N12O12. The van der Waals surface area contributed by atoms with Crippen molar-refractivity contribution in [3.8, 4) is 0 Å². The molecule has 24 nitrogen and oxygen atoms in total. The number of carbonyl (C=O) groups excluding carboxylic acids is 2. The SMILES string of the molecule is Cc1cn([C@H]2C[C@H](n3cc(C(=O)N4CCOCC4)nn3)[C@@H](CO)O2)c(=O)[nH]c1=O.Cc1cn([C@H]2C[C@H](n3nncc3C(=O)N3CCOCC3)[C@@H](CO)O2)c(=O)[nH]c1=O. The number of morpholine rings is 2. The molecule has 0 aliphatic carbocycles. The second kappa shape index (κ2) is 17.5. The van der Waals surface area contributed by atoms with Crippen LogP contribution in [-0.2, 0) is 18.9 Å². The summed E-state index contributed by atoms with van der Waals surface area (Å²) in [4.78, 5) is 80.8. The molecule has 4 aliphatic rings. The number of ether oxygens (including phenoxy) is 4. The highest BCUT2D eigenvalue weighted by Crippen LogP contribution is 2.37. The van der Waals surface area contributed by atoms with Crippen LogP contribution in [0, 0.1) is 13.8 Å². The zero-order valence-electron chi connectivity index (χ0n) is 31.7. The minimum Gasteiger partial charge on any atom is -0.394 e. The molecule has 0 spiro atoms. The summed E-state index contributed by atoms with van der Waals surface area (Å²) in [6.07, 6.45) is 3.58. The third-order valence-electron chi connectivity index (χ3n) is 10.5. The molecule has 24 heteroatoms. The van der Waals surface area contributed by atoms with Crippen LogP contribution in [-0.4, -0.2) is 159 Å². The van der Waals surface area contributed by atoms with Crippen molar-refractivity contribution in [3.05, 3.63) is 89.0 Å². The van der Waals surface area contributed by atoms with Crippen molar-refractivity contribution in [2.75, 3.05) is 65.8 Å². The summed E-state index contributed by atoms with van der Waals surface area (Å²) in [6, 6.07) is -0.936. The molecular weight excluding hydrogens is 768 g/mol. The number of aliphatic hydroxyl groups excluding tert-OH is 2. The number of hydrogen-bond acceptors (Lipinski definition) is 16. The van der Waals surface area contributed by atoms with Crippen LogP contribution in [0.2, 0.25) is 0 Å². The molecule has 0 aromatic carbocycles. The number of aliphatic hydroxyl groups is 2. The van der Waals surface area contributed by atoms with Crippen LogP contribution in [0.25, 0.3) is 0 Å². The number of rotatable bonds is 8. The van der Waals surface area contributed by atoms with Gasteiger partial charge in [0.05, 0.1) is 64.1 Å². The molecule has 0 radical (unpaired) electrons. The zero-order chi connectivity index (χ0) is 41.1. The highest BCUT2D eigenvalue weighted by atomic mass is 16.5. The van der Waals surface area contributed by atoms with Gasteiger partial charge < -0.3 is 39.0 Å². The van der Waals surface area contributed by atoms with E-state index < -0.39 is 59.2 Å². The molecule has 8 heterocycles. The smallest absolute Gasteiger partial charge is 0.330 e. The second-order valence-corrected chi connectivity index (χ2v) is 14.1. The van der Waals surface area contributed by atoms with Crippen LogP contribution < -0.4 is 22.5 Å². The van der Waals surface area contributed by atoms with Crippen molar-refractivity contribution in [2.45, 2.75) is 63.4 Å². The summed E-state index contributed by atoms with van der Waals surface area (Å²) in [6.45, 7) is 6.39. The van der Waals surface area contributed by atoms with E-state index >= 15 is 0 Å². The Hall–Kier alpha value is -5.66. The van der Waals surface area contributed by atoms with E-state index in [1.54, 1.807) is 23.6 Å². The highest BCUT2D eigenvalue weighted by Gasteiger charge is 2.41. The zero-order valence-corrected chi connectivity index (χ0v) is 31.7. The first-order chi connectivity index (χ1) is 28.0. The number of aromatic nitrogens is 10. The van der Waals surface area contributed by atoms with Crippen molar-refractivity contribution in [1.29, 1.82) is 0 Å². The topological polar surface area (TPSA) is 289 Å². The van der Waals surface area contributed by atoms with E-state index in [1.807, 2.05) is 0 Å². The molecule has 0 saturated carbocycles. The number of amides is 2. The van der Waals surface area contributed by atoms with Crippen molar-refractivity contribution in [2.24, 2.45) is 0 Å². The molecule has 4 saturated heterocycles. The summed E-state index contributed by atoms with van der Waals surface area (Å²) in [5.74, 6) is -0.460.